The molecule has 5 nitrogen and oxygen atoms in total. The molecular formula is C24H25N3O2. The zero-order valence-corrected chi connectivity index (χ0v) is 16.6. The van der Waals surface area contributed by atoms with Crippen LogP contribution >= 0.6 is 0 Å². The Balaban J connectivity index is 1.48. The molecule has 0 saturated heterocycles. The minimum absolute atomic E-state index is 0.0903. The van der Waals surface area contributed by atoms with E-state index in [0.717, 1.165) is 35.2 Å². The highest BCUT2D eigenvalue weighted by molar-refractivity contribution is 5.96. The van der Waals surface area contributed by atoms with Gasteiger partial charge in [0.05, 0.1) is 0 Å². The lowest BCUT2D eigenvalue weighted by Gasteiger charge is -2.06. The molecule has 0 aliphatic carbocycles. The molecule has 3 aromatic rings. The summed E-state index contributed by atoms with van der Waals surface area (Å²) in [5.41, 5.74) is 10.6. The molecule has 29 heavy (non-hydrogen) atoms. The van der Waals surface area contributed by atoms with Gasteiger partial charge in [0, 0.05) is 43.0 Å². The number of hydrogen-bond donors (Lipinski definition) is 1. The SMILES string of the molecule is Cc1ccc(CCCC(=O)Cc2ccc(C(=O)Cc3ccccc3N)nc2)cn1. The quantitative estimate of drug-likeness (QED) is 0.444. The molecule has 0 spiro atoms. The van der Waals surface area contributed by atoms with E-state index >= 15 is 0 Å². The average Bonchev–Trinajstić information content (AvgIpc) is 2.72. The van der Waals surface area contributed by atoms with Gasteiger partial charge in [-0.3, -0.25) is 19.6 Å². The molecule has 0 aliphatic rings. The van der Waals surface area contributed by atoms with Gasteiger partial charge in [0.25, 0.3) is 0 Å². The second kappa shape index (κ2) is 9.73. The predicted molar refractivity (Wildman–Crippen MR) is 114 cm³/mol. The minimum atomic E-state index is -0.0903. The second-order valence-electron chi connectivity index (χ2n) is 7.23. The summed E-state index contributed by atoms with van der Waals surface area (Å²) in [7, 11) is 0. The number of nitrogens with two attached hydrogens (primary N) is 1. The summed E-state index contributed by atoms with van der Waals surface area (Å²) in [5, 5.41) is 0. The molecule has 0 amide bonds. The standard InChI is InChI=1S/C24H25N3O2/c1-17-9-10-18(15-26-17)5-4-7-21(28)13-19-11-12-23(27-16-19)24(29)14-20-6-2-3-8-22(20)25/h2-3,6,8-12,15-16H,4-5,7,13-14,25H2,1H3. The van der Waals surface area contributed by atoms with Crippen molar-refractivity contribution in [3.63, 3.8) is 0 Å². The summed E-state index contributed by atoms with van der Waals surface area (Å²) in [5.74, 6) is 0.0792. The maximum absolute atomic E-state index is 12.4. The average molecular weight is 387 g/mol. The summed E-state index contributed by atoms with van der Waals surface area (Å²) in [6.07, 6.45) is 6.18. The van der Waals surface area contributed by atoms with Crippen LogP contribution in [0.5, 0.6) is 0 Å². The number of aromatic nitrogens is 2. The first kappa shape index (κ1) is 20.4. The molecule has 2 heterocycles. The van der Waals surface area contributed by atoms with Crippen LogP contribution in [0.2, 0.25) is 0 Å². The van der Waals surface area contributed by atoms with Crippen molar-refractivity contribution in [2.24, 2.45) is 0 Å². The van der Waals surface area contributed by atoms with E-state index in [1.807, 2.05) is 37.4 Å². The molecule has 0 unspecified atom stereocenters. The Labute approximate surface area is 171 Å². The molecule has 0 bridgehead atoms. The smallest absolute Gasteiger partial charge is 0.185 e. The zero-order chi connectivity index (χ0) is 20.6. The number of para-hydroxylation sites is 1. The van der Waals surface area contributed by atoms with Gasteiger partial charge in [-0.25, -0.2) is 0 Å². The number of pyridine rings is 2. The van der Waals surface area contributed by atoms with Gasteiger partial charge in [0.15, 0.2) is 5.78 Å². The maximum Gasteiger partial charge on any atom is 0.185 e. The normalized spacial score (nSPS) is 10.7. The van der Waals surface area contributed by atoms with Gasteiger partial charge in [-0.05, 0) is 54.7 Å². The van der Waals surface area contributed by atoms with Gasteiger partial charge < -0.3 is 5.73 Å². The summed E-state index contributed by atoms with van der Waals surface area (Å²) < 4.78 is 0. The Kier molecular flexibility index (Phi) is 6.85. The predicted octanol–water partition coefficient (Wildman–Crippen LogP) is 3.93. The molecule has 1 aromatic carbocycles. The van der Waals surface area contributed by atoms with Gasteiger partial charge >= 0.3 is 0 Å². The summed E-state index contributed by atoms with van der Waals surface area (Å²) in [6.45, 7) is 1.96. The van der Waals surface area contributed by atoms with E-state index in [1.54, 1.807) is 24.4 Å². The van der Waals surface area contributed by atoms with Crippen molar-refractivity contribution in [1.29, 1.82) is 0 Å². The summed E-state index contributed by atoms with van der Waals surface area (Å²) in [6, 6.07) is 14.8. The minimum Gasteiger partial charge on any atom is -0.398 e. The van der Waals surface area contributed by atoms with Gasteiger partial charge in [0.2, 0.25) is 0 Å². The van der Waals surface area contributed by atoms with Gasteiger partial charge in [-0.2, -0.15) is 0 Å². The number of nitrogen functional groups attached to an aromatic ring is 1. The molecule has 2 aromatic heterocycles. The highest BCUT2D eigenvalue weighted by Crippen LogP contribution is 2.14. The molecule has 0 saturated carbocycles. The van der Waals surface area contributed by atoms with E-state index in [4.69, 9.17) is 5.73 Å². The van der Waals surface area contributed by atoms with Crippen molar-refractivity contribution >= 4 is 17.3 Å². The number of nitrogens with zero attached hydrogens (tertiary/aromatic N) is 2. The van der Waals surface area contributed by atoms with Crippen LogP contribution in [0.4, 0.5) is 5.69 Å². The Morgan fingerprint density at radius 1 is 0.897 bits per heavy atom. The van der Waals surface area contributed by atoms with Crippen molar-refractivity contribution in [3.8, 4) is 0 Å². The number of aryl methyl sites for hydroxylation is 2. The lowest BCUT2D eigenvalue weighted by Crippen LogP contribution is -2.09. The third-order valence-corrected chi connectivity index (χ3v) is 4.81. The van der Waals surface area contributed by atoms with E-state index in [1.165, 1.54) is 0 Å². The number of carbonyl (C=O) groups is 2. The Hall–Kier alpha value is -3.34. The zero-order valence-electron chi connectivity index (χ0n) is 16.6. The number of rotatable bonds is 9. The van der Waals surface area contributed by atoms with Gasteiger partial charge in [0.1, 0.15) is 11.5 Å². The maximum atomic E-state index is 12.4. The van der Waals surface area contributed by atoms with Crippen molar-refractivity contribution in [1.82, 2.24) is 9.97 Å². The van der Waals surface area contributed by atoms with Crippen LogP contribution in [0.1, 0.15) is 45.7 Å². The topological polar surface area (TPSA) is 85.9 Å². The molecule has 3 rings (SSSR count). The first-order valence-electron chi connectivity index (χ1n) is 9.76. The highest BCUT2D eigenvalue weighted by Gasteiger charge is 2.11. The molecular weight excluding hydrogens is 362 g/mol. The molecule has 0 atom stereocenters. The Bertz CT molecular complexity index is 980. The van der Waals surface area contributed by atoms with Crippen LogP contribution in [0.25, 0.3) is 0 Å². The number of anilines is 1. The van der Waals surface area contributed by atoms with E-state index in [2.05, 4.69) is 16.0 Å². The third kappa shape index (κ3) is 6.07. The molecule has 148 valence electrons. The first-order chi connectivity index (χ1) is 14.0. The van der Waals surface area contributed by atoms with Gasteiger partial charge in [-0.15, -0.1) is 0 Å². The Morgan fingerprint density at radius 3 is 2.34 bits per heavy atom. The number of benzene rings is 1. The monoisotopic (exact) mass is 387 g/mol. The fraction of sp³-hybridized carbons (Fsp3) is 0.250. The number of hydrogen-bond acceptors (Lipinski definition) is 5. The fourth-order valence-corrected chi connectivity index (χ4v) is 3.10. The Morgan fingerprint density at radius 2 is 1.66 bits per heavy atom. The summed E-state index contributed by atoms with van der Waals surface area (Å²) >= 11 is 0. The first-order valence-corrected chi connectivity index (χ1v) is 9.76. The third-order valence-electron chi connectivity index (χ3n) is 4.81. The largest absolute Gasteiger partial charge is 0.398 e. The lowest BCUT2D eigenvalue weighted by atomic mass is 10.0. The van der Waals surface area contributed by atoms with Crippen LogP contribution in [0.15, 0.2) is 60.9 Å². The molecule has 0 radical (unpaired) electrons. The number of ketones is 2. The van der Waals surface area contributed by atoms with Crippen LogP contribution in [-0.4, -0.2) is 21.5 Å². The summed E-state index contributed by atoms with van der Waals surface area (Å²) in [4.78, 5) is 33.2. The second-order valence-corrected chi connectivity index (χ2v) is 7.23. The van der Waals surface area contributed by atoms with Crippen molar-refractivity contribution in [2.75, 3.05) is 5.73 Å². The molecule has 0 aliphatic heterocycles. The lowest BCUT2D eigenvalue weighted by molar-refractivity contribution is -0.118. The highest BCUT2D eigenvalue weighted by atomic mass is 16.1. The van der Waals surface area contributed by atoms with E-state index in [-0.39, 0.29) is 18.0 Å². The molecule has 5 heteroatoms. The van der Waals surface area contributed by atoms with Crippen molar-refractivity contribution in [3.05, 3.63) is 89.0 Å². The van der Waals surface area contributed by atoms with E-state index in [0.29, 0.717) is 24.2 Å². The number of carbonyl (C=O) groups excluding carboxylic acids is 2. The van der Waals surface area contributed by atoms with Crippen LogP contribution in [0, 0.1) is 6.92 Å². The van der Waals surface area contributed by atoms with E-state index < -0.39 is 0 Å². The number of Topliss-reactive ketones (excluding diaryl/α,β-unsaturated/α-hetero) is 2. The van der Waals surface area contributed by atoms with Gasteiger partial charge in [-0.1, -0.05) is 30.3 Å². The molecule has 0 fully saturated rings. The van der Waals surface area contributed by atoms with Crippen LogP contribution < -0.4 is 5.73 Å². The van der Waals surface area contributed by atoms with E-state index in [9.17, 15) is 9.59 Å². The fourth-order valence-electron chi connectivity index (χ4n) is 3.10. The van der Waals surface area contributed by atoms with Crippen molar-refractivity contribution < 1.29 is 9.59 Å². The van der Waals surface area contributed by atoms with Crippen LogP contribution in [-0.2, 0) is 24.1 Å². The van der Waals surface area contributed by atoms with Crippen LogP contribution in [0.3, 0.4) is 0 Å². The van der Waals surface area contributed by atoms with Crippen molar-refractivity contribution in [2.45, 2.75) is 39.0 Å². The molecule has 2 N–H and O–H groups in total.